The fourth-order valence-electron chi connectivity index (χ4n) is 1.47. The van der Waals surface area contributed by atoms with Gasteiger partial charge in [-0.1, -0.05) is 0 Å². The highest BCUT2D eigenvalue weighted by molar-refractivity contribution is 6.17. The molecule has 0 unspecified atom stereocenters. The number of hydrogen-bond donors (Lipinski definition) is 1. The van der Waals surface area contributed by atoms with Gasteiger partial charge in [0, 0.05) is 5.69 Å². The number of imide groups is 1. The van der Waals surface area contributed by atoms with Gasteiger partial charge in [0.2, 0.25) is 0 Å². The molecule has 0 aromatic heterocycles. The molecule has 1 aromatic rings. The Hall–Kier alpha value is -1.95. The molecular formula is C10H9FN2O3. The molecule has 1 saturated heterocycles. The zero-order valence-electron chi connectivity index (χ0n) is 8.27. The van der Waals surface area contributed by atoms with Gasteiger partial charge in [-0.2, -0.15) is 0 Å². The van der Waals surface area contributed by atoms with Crippen LogP contribution < -0.4 is 10.6 Å². The Morgan fingerprint density at radius 2 is 1.88 bits per heavy atom. The molecule has 2 amide bonds. The van der Waals surface area contributed by atoms with Crippen molar-refractivity contribution in [1.82, 2.24) is 0 Å². The summed E-state index contributed by atoms with van der Waals surface area (Å²) in [5, 5.41) is 0. The second kappa shape index (κ2) is 3.90. The van der Waals surface area contributed by atoms with Gasteiger partial charge in [-0.15, -0.1) is 0 Å². The number of benzene rings is 1. The Bertz CT molecular complexity index is 445. The normalized spacial score (nSPS) is 16.7. The number of ether oxygens (including phenoxy) is 1. The first-order valence-corrected chi connectivity index (χ1v) is 4.58. The third kappa shape index (κ3) is 1.74. The van der Waals surface area contributed by atoms with Gasteiger partial charge < -0.3 is 10.5 Å². The molecule has 0 aliphatic carbocycles. The summed E-state index contributed by atoms with van der Waals surface area (Å²) in [6, 6.07) is 3.78. The van der Waals surface area contributed by atoms with Gasteiger partial charge in [-0.3, -0.25) is 9.59 Å². The van der Waals surface area contributed by atoms with E-state index in [0.29, 0.717) is 0 Å². The number of hydrogen-bond acceptors (Lipinski definition) is 4. The maximum atomic E-state index is 13.5. The van der Waals surface area contributed by atoms with Crippen molar-refractivity contribution >= 4 is 23.2 Å². The Kier molecular flexibility index (Phi) is 2.57. The first-order valence-electron chi connectivity index (χ1n) is 4.58. The second-order valence-corrected chi connectivity index (χ2v) is 3.33. The van der Waals surface area contributed by atoms with Crippen LogP contribution in [-0.2, 0) is 14.3 Å². The molecule has 2 rings (SSSR count). The largest absolute Gasteiger partial charge is 0.399 e. The Morgan fingerprint density at radius 3 is 2.44 bits per heavy atom. The lowest BCUT2D eigenvalue weighted by atomic mass is 10.2. The quantitative estimate of drug-likeness (QED) is 0.550. The zero-order chi connectivity index (χ0) is 11.7. The fourth-order valence-corrected chi connectivity index (χ4v) is 1.47. The molecule has 1 aromatic carbocycles. The van der Waals surface area contributed by atoms with Crippen molar-refractivity contribution in [3.05, 3.63) is 24.0 Å². The highest BCUT2D eigenvalue weighted by atomic mass is 19.1. The van der Waals surface area contributed by atoms with Crippen LogP contribution in [0.1, 0.15) is 0 Å². The van der Waals surface area contributed by atoms with E-state index in [2.05, 4.69) is 0 Å². The molecule has 5 nitrogen and oxygen atoms in total. The molecule has 1 heterocycles. The summed E-state index contributed by atoms with van der Waals surface area (Å²) in [4.78, 5) is 23.6. The molecular weight excluding hydrogens is 215 g/mol. The predicted octanol–water partition coefficient (Wildman–Crippen LogP) is 0.298. The molecule has 0 bridgehead atoms. The summed E-state index contributed by atoms with van der Waals surface area (Å²) in [6.07, 6.45) is 0. The van der Waals surface area contributed by atoms with Gasteiger partial charge in [0.1, 0.15) is 19.0 Å². The van der Waals surface area contributed by atoms with Crippen molar-refractivity contribution in [1.29, 1.82) is 0 Å². The Labute approximate surface area is 90.6 Å². The minimum atomic E-state index is -0.705. The molecule has 1 aliphatic heterocycles. The average Bonchev–Trinajstić information content (AvgIpc) is 2.20. The van der Waals surface area contributed by atoms with Crippen molar-refractivity contribution in [2.45, 2.75) is 0 Å². The second-order valence-electron chi connectivity index (χ2n) is 3.33. The van der Waals surface area contributed by atoms with Crippen LogP contribution in [0.3, 0.4) is 0 Å². The number of nitrogens with two attached hydrogens (primary N) is 1. The monoisotopic (exact) mass is 224 g/mol. The number of anilines is 2. The number of amides is 2. The maximum absolute atomic E-state index is 13.5. The molecule has 16 heavy (non-hydrogen) atoms. The highest BCUT2D eigenvalue weighted by Gasteiger charge is 2.29. The van der Waals surface area contributed by atoms with Crippen molar-refractivity contribution in [2.75, 3.05) is 23.8 Å². The molecule has 0 spiro atoms. The van der Waals surface area contributed by atoms with Gasteiger partial charge >= 0.3 is 0 Å². The van der Waals surface area contributed by atoms with Crippen LogP contribution in [0.25, 0.3) is 0 Å². The van der Waals surface area contributed by atoms with E-state index in [4.69, 9.17) is 10.5 Å². The molecule has 84 valence electrons. The molecule has 2 N–H and O–H groups in total. The van der Waals surface area contributed by atoms with E-state index in [9.17, 15) is 14.0 Å². The number of nitrogen functional groups attached to an aromatic ring is 1. The first-order chi connectivity index (χ1) is 7.59. The summed E-state index contributed by atoms with van der Waals surface area (Å²) in [7, 11) is 0. The third-order valence-electron chi connectivity index (χ3n) is 2.16. The van der Waals surface area contributed by atoms with E-state index in [0.717, 1.165) is 11.0 Å². The zero-order valence-corrected chi connectivity index (χ0v) is 8.27. The van der Waals surface area contributed by atoms with Crippen LogP contribution in [0.5, 0.6) is 0 Å². The summed E-state index contributed by atoms with van der Waals surface area (Å²) in [6.45, 7) is -0.453. The number of morpholine rings is 1. The minimum absolute atomic E-state index is 0.0903. The van der Waals surface area contributed by atoms with Crippen molar-refractivity contribution in [2.24, 2.45) is 0 Å². The SMILES string of the molecule is Nc1ccc(N2C(=O)COCC2=O)c(F)c1. The van der Waals surface area contributed by atoms with Crippen LogP contribution in [0.15, 0.2) is 18.2 Å². The van der Waals surface area contributed by atoms with Gasteiger partial charge in [0.15, 0.2) is 0 Å². The number of carbonyl (C=O) groups excluding carboxylic acids is 2. The van der Waals surface area contributed by atoms with Crippen molar-refractivity contribution < 1.29 is 18.7 Å². The van der Waals surface area contributed by atoms with Gasteiger partial charge in [0.05, 0.1) is 5.69 Å². The number of nitrogens with zero attached hydrogens (tertiary/aromatic N) is 1. The van der Waals surface area contributed by atoms with Gasteiger partial charge in [-0.25, -0.2) is 9.29 Å². The van der Waals surface area contributed by atoms with Crippen molar-refractivity contribution in [3.8, 4) is 0 Å². The summed E-state index contributed by atoms with van der Waals surface area (Å²) in [5.41, 5.74) is 5.51. The lowest BCUT2D eigenvalue weighted by Gasteiger charge is -2.25. The Balaban J connectivity index is 2.42. The van der Waals surface area contributed by atoms with Gasteiger partial charge in [-0.05, 0) is 18.2 Å². The highest BCUT2D eigenvalue weighted by Crippen LogP contribution is 2.23. The third-order valence-corrected chi connectivity index (χ3v) is 2.16. The smallest absolute Gasteiger partial charge is 0.259 e. The van der Waals surface area contributed by atoms with Crippen LogP contribution >= 0.6 is 0 Å². The summed E-state index contributed by atoms with van der Waals surface area (Å²) >= 11 is 0. The van der Waals surface area contributed by atoms with E-state index in [1.807, 2.05) is 0 Å². The van der Waals surface area contributed by atoms with Crippen LogP contribution in [-0.4, -0.2) is 25.0 Å². The van der Waals surface area contributed by atoms with E-state index < -0.39 is 17.6 Å². The molecule has 0 atom stereocenters. The molecule has 0 saturated carbocycles. The fraction of sp³-hybridized carbons (Fsp3) is 0.200. The van der Waals surface area contributed by atoms with Crippen molar-refractivity contribution in [3.63, 3.8) is 0 Å². The van der Waals surface area contributed by atoms with E-state index in [-0.39, 0.29) is 24.6 Å². The van der Waals surface area contributed by atoms with Crippen LogP contribution in [0, 0.1) is 5.82 Å². The average molecular weight is 224 g/mol. The maximum Gasteiger partial charge on any atom is 0.259 e. The Morgan fingerprint density at radius 1 is 1.25 bits per heavy atom. The number of rotatable bonds is 1. The molecule has 1 aliphatic rings. The van der Waals surface area contributed by atoms with E-state index in [1.165, 1.54) is 12.1 Å². The lowest BCUT2D eigenvalue weighted by molar-refractivity contribution is -0.138. The van der Waals surface area contributed by atoms with E-state index >= 15 is 0 Å². The van der Waals surface area contributed by atoms with Crippen LogP contribution in [0.2, 0.25) is 0 Å². The molecule has 0 radical (unpaired) electrons. The lowest BCUT2D eigenvalue weighted by Crippen LogP contribution is -2.46. The number of halogens is 1. The van der Waals surface area contributed by atoms with Crippen LogP contribution in [0.4, 0.5) is 15.8 Å². The molecule has 1 fully saturated rings. The van der Waals surface area contributed by atoms with Gasteiger partial charge in [0.25, 0.3) is 11.8 Å². The topological polar surface area (TPSA) is 72.6 Å². The molecule has 6 heteroatoms. The predicted molar refractivity (Wildman–Crippen MR) is 54.1 cm³/mol. The standard InChI is InChI=1S/C10H9FN2O3/c11-7-3-6(12)1-2-8(7)13-9(14)4-16-5-10(13)15/h1-3H,4-5,12H2. The summed E-state index contributed by atoms with van der Waals surface area (Å²) < 4.78 is 18.2. The number of carbonyl (C=O) groups is 2. The summed E-state index contributed by atoms with van der Waals surface area (Å²) in [5.74, 6) is -1.87. The van der Waals surface area contributed by atoms with E-state index in [1.54, 1.807) is 0 Å². The minimum Gasteiger partial charge on any atom is -0.399 e. The first kappa shape index (κ1) is 10.6.